The summed E-state index contributed by atoms with van der Waals surface area (Å²) in [6.07, 6.45) is 0.854. The Morgan fingerprint density at radius 2 is 1.73 bits per heavy atom. The number of sulfonamides is 1. The third-order valence-electron chi connectivity index (χ3n) is 5.50. The Bertz CT molecular complexity index is 1210. The number of nitrogens with one attached hydrogen (secondary N) is 1. The molecule has 2 aromatic carbocycles. The van der Waals surface area contributed by atoms with Gasteiger partial charge >= 0.3 is 0 Å². The number of carbonyl (C=O) groups is 1. The van der Waals surface area contributed by atoms with Crippen molar-refractivity contribution in [2.75, 3.05) is 38.0 Å². The summed E-state index contributed by atoms with van der Waals surface area (Å²) in [4.78, 5) is 19.8. The molecule has 33 heavy (non-hydrogen) atoms. The van der Waals surface area contributed by atoms with Crippen LogP contribution >= 0.6 is 11.3 Å². The third-order valence-corrected chi connectivity index (χ3v) is 8.52. The van der Waals surface area contributed by atoms with Gasteiger partial charge in [-0.2, -0.15) is 4.31 Å². The van der Waals surface area contributed by atoms with Gasteiger partial charge < -0.3 is 10.2 Å². The minimum atomic E-state index is -3.72. The summed E-state index contributed by atoms with van der Waals surface area (Å²) in [7, 11) is -3.72. The molecular weight excluding hydrogens is 463 g/mol. The normalized spacial score (nSPS) is 14.9. The molecule has 10 heteroatoms. The lowest BCUT2D eigenvalue weighted by atomic mass is 10.2. The maximum Gasteiger partial charge on any atom is 0.266 e. The van der Waals surface area contributed by atoms with Crippen LogP contribution in [0.3, 0.4) is 0 Å². The van der Waals surface area contributed by atoms with Crippen molar-refractivity contribution in [3.63, 3.8) is 0 Å². The van der Waals surface area contributed by atoms with Gasteiger partial charge in [0.25, 0.3) is 5.91 Å². The Balaban J connectivity index is 1.34. The Labute approximate surface area is 196 Å². The van der Waals surface area contributed by atoms with E-state index < -0.39 is 15.8 Å². The molecule has 0 atom stereocenters. The second-order valence-electron chi connectivity index (χ2n) is 7.75. The lowest BCUT2D eigenvalue weighted by Gasteiger charge is -2.33. The fourth-order valence-electron chi connectivity index (χ4n) is 3.66. The van der Waals surface area contributed by atoms with Crippen LogP contribution in [0.2, 0.25) is 0 Å². The standard InChI is InChI=1S/C23H25FN4O3S2/c1-17-21(32-23(26-17)25-12-11-18-5-3-2-4-6-18)22(29)27-13-15-28(16-14-27)33(30,31)20-9-7-19(24)8-10-20/h2-10H,11-16H2,1H3,(H,25,26). The van der Waals surface area contributed by atoms with Gasteiger partial charge in [0.05, 0.1) is 10.6 Å². The molecule has 0 aliphatic carbocycles. The number of hydrogen-bond donors (Lipinski definition) is 1. The average molecular weight is 489 g/mol. The van der Waals surface area contributed by atoms with Crippen LogP contribution in [-0.2, 0) is 16.4 Å². The molecule has 1 saturated heterocycles. The van der Waals surface area contributed by atoms with E-state index in [2.05, 4.69) is 22.4 Å². The van der Waals surface area contributed by atoms with Gasteiger partial charge in [-0.15, -0.1) is 0 Å². The highest BCUT2D eigenvalue weighted by Crippen LogP contribution is 2.25. The Kier molecular flexibility index (Phi) is 7.06. The molecule has 1 aliphatic heterocycles. The van der Waals surface area contributed by atoms with Crippen LogP contribution in [0, 0.1) is 12.7 Å². The minimum absolute atomic E-state index is 0.0493. The molecule has 1 amide bonds. The van der Waals surface area contributed by atoms with E-state index in [9.17, 15) is 17.6 Å². The number of rotatable bonds is 7. The van der Waals surface area contributed by atoms with Crippen LogP contribution in [-0.4, -0.2) is 61.2 Å². The van der Waals surface area contributed by atoms with Gasteiger partial charge in [-0.05, 0) is 43.2 Å². The van der Waals surface area contributed by atoms with Crippen LogP contribution in [0.4, 0.5) is 9.52 Å². The molecule has 0 radical (unpaired) electrons. The van der Waals surface area contributed by atoms with E-state index in [0.29, 0.717) is 22.2 Å². The molecule has 0 unspecified atom stereocenters. The number of amides is 1. The number of aromatic nitrogens is 1. The summed E-state index contributed by atoms with van der Waals surface area (Å²) in [5, 5.41) is 3.98. The van der Waals surface area contributed by atoms with Gasteiger partial charge in [0.1, 0.15) is 10.7 Å². The number of benzene rings is 2. The van der Waals surface area contributed by atoms with Crippen molar-refractivity contribution in [1.82, 2.24) is 14.2 Å². The van der Waals surface area contributed by atoms with Gasteiger partial charge in [-0.25, -0.2) is 17.8 Å². The van der Waals surface area contributed by atoms with Gasteiger partial charge in [-0.1, -0.05) is 41.7 Å². The maximum atomic E-state index is 13.1. The largest absolute Gasteiger partial charge is 0.361 e. The van der Waals surface area contributed by atoms with Crippen LogP contribution in [0.1, 0.15) is 20.9 Å². The molecule has 0 saturated carbocycles. The van der Waals surface area contributed by atoms with Crippen LogP contribution in [0.25, 0.3) is 0 Å². The quantitative estimate of drug-likeness (QED) is 0.551. The third kappa shape index (κ3) is 5.40. The summed E-state index contributed by atoms with van der Waals surface area (Å²) < 4.78 is 40.0. The zero-order valence-corrected chi connectivity index (χ0v) is 19.8. The van der Waals surface area contributed by atoms with E-state index >= 15 is 0 Å². The highest BCUT2D eigenvalue weighted by molar-refractivity contribution is 7.89. The van der Waals surface area contributed by atoms with Crippen LogP contribution in [0.15, 0.2) is 59.5 Å². The highest BCUT2D eigenvalue weighted by Gasteiger charge is 2.31. The fourth-order valence-corrected chi connectivity index (χ4v) is 6.04. The molecule has 1 aromatic heterocycles. The van der Waals surface area contributed by atoms with E-state index in [1.165, 1.54) is 33.3 Å². The van der Waals surface area contributed by atoms with Gasteiger partial charge in [0.15, 0.2) is 5.13 Å². The summed E-state index contributed by atoms with van der Waals surface area (Å²) in [6, 6.07) is 14.9. The highest BCUT2D eigenvalue weighted by atomic mass is 32.2. The predicted molar refractivity (Wildman–Crippen MR) is 127 cm³/mol. The second kappa shape index (κ2) is 9.98. The van der Waals surface area contributed by atoms with Crippen molar-refractivity contribution >= 4 is 32.4 Å². The summed E-state index contributed by atoms with van der Waals surface area (Å²) in [6.45, 7) is 3.46. The first-order valence-corrected chi connectivity index (χ1v) is 12.9. The monoisotopic (exact) mass is 488 g/mol. The lowest BCUT2D eigenvalue weighted by Crippen LogP contribution is -2.50. The first-order chi connectivity index (χ1) is 15.8. The van der Waals surface area contributed by atoms with Gasteiger partial charge in [-0.3, -0.25) is 4.79 Å². The topological polar surface area (TPSA) is 82.6 Å². The van der Waals surface area contributed by atoms with Gasteiger partial charge in [0, 0.05) is 32.7 Å². The van der Waals surface area contributed by atoms with Crippen molar-refractivity contribution < 1.29 is 17.6 Å². The number of aryl methyl sites for hydroxylation is 1. The lowest BCUT2D eigenvalue weighted by molar-refractivity contribution is 0.0702. The summed E-state index contributed by atoms with van der Waals surface area (Å²) in [5.74, 6) is -0.627. The SMILES string of the molecule is Cc1nc(NCCc2ccccc2)sc1C(=O)N1CCN(S(=O)(=O)c2ccc(F)cc2)CC1. The second-order valence-corrected chi connectivity index (χ2v) is 10.7. The van der Waals surface area contributed by atoms with Crippen LogP contribution < -0.4 is 5.32 Å². The zero-order valence-electron chi connectivity index (χ0n) is 18.2. The summed E-state index contributed by atoms with van der Waals surface area (Å²) >= 11 is 1.32. The number of carbonyl (C=O) groups excluding carboxylic acids is 1. The minimum Gasteiger partial charge on any atom is -0.361 e. The number of halogens is 1. The number of hydrogen-bond acceptors (Lipinski definition) is 6. The Morgan fingerprint density at radius 3 is 2.39 bits per heavy atom. The van der Waals surface area contributed by atoms with Crippen LogP contribution in [0.5, 0.6) is 0 Å². The predicted octanol–water partition coefficient (Wildman–Crippen LogP) is 3.39. The molecule has 1 N–H and O–H groups in total. The molecule has 0 spiro atoms. The van der Waals surface area contributed by atoms with Crippen molar-refractivity contribution in [3.8, 4) is 0 Å². The smallest absolute Gasteiger partial charge is 0.266 e. The molecule has 0 bridgehead atoms. The molecule has 2 heterocycles. The number of thiazole rings is 1. The molecule has 7 nitrogen and oxygen atoms in total. The van der Waals surface area contributed by atoms with E-state index in [-0.39, 0.29) is 37.0 Å². The van der Waals surface area contributed by atoms with Crippen molar-refractivity contribution in [2.24, 2.45) is 0 Å². The maximum absolute atomic E-state index is 13.1. The molecule has 4 rings (SSSR count). The number of anilines is 1. The molecule has 174 valence electrons. The Hall–Kier alpha value is -2.82. The zero-order chi connectivity index (χ0) is 23.4. The molecular formula is C23H25FN4O3S2. The Morgan fingerprint density at radius 1 is 1.06 bits per heavy atom. The van der Waals surface area contributed by atoms with E-state index in [1.807, 2.05) is 18.2 Å². The van der Waals surface area contributed by atoms with E-state index in [4.69, 9.17) is 0 Å². The van der Waals surface area contributed by atoms with Crippen molar-refractivity contribution in [1.29, 1.82) is 0 Å². The first kappa shape index (κ1) is 23.3. The summed E-state index contributed by atoms with van der Waals surface area (Å²) in [5.41, 5.74) is 1.89. The molecule has 3 aromatic rings. The van der Waals surface area contributed by atoms with Crippen molar-refractivity contribution in [3.05, 3.63) is 76.5 Å². The molecule has 1 aliphatic rings. The molecule has 1 fully saturated rings. The number of piperazine rings is 1. The number of nitrogens with zero attached hydrogens (tertiary/aromatic N) is 3. The van der Waals surface area contributed by atoms with E-state index in [1.54, 1.807) is 11.8 Å². The fraction of sp³-hybridized carbons (Fsp3) is 0.304. The first-order valence-electron chi connectivity index (χ1n) is 10.6. The average Bonchev–Trinajstić information content (AvgIpc) is 3.20. The van der Waals surface area contributed by atoms with Crippen molar-refractivity contribution in [2.45, 2.75) is 18.2 Å². The van der Waals surface area contributed by atoms with Gasteiger partial charge in [0.2, 0.25) is 10.0 Å². The van der Waals surface area contributed by atoms with E-state index in [0.717, 1.165) is 18.6 Å².